The van der Waals surface area contributed by atoms with E-state index in [9.17, 15) is 0 Å². The van der Waals surface area contributed by atoms with Crippen molar-refractivity contribution in [3.8, 4) is 0 Å². The molecule has 0 saturated carbocycles. The van der Waals surface area contributed by atoms with E-state index in [0.717, 1.165) is 12.6 Å². The van der Waals surface area contributed by atoms with Crippen molar-refractivity contribution in [1.82, 2.24) is 0 Å². The predicted molar refractivity (Wildman–Crippen MR) is 40.5 cm³/mol. The van der Waals surface area contributed by atoms with Gasteiger partial charge >= 0.3 is 0 Å². The average Bonchev–Trinajstić information content (AvgIpc) is 1.69. The smallest absolute Gasteiger partial charge is 0.0203 e. The van der Waals surface area contributed by atoms with Crippen molar-refractivity contribution >= 4 is 6.71 Å². The molecule has 0 rings (SSSR count). The van der Waals surface area contributed by atoms with Gasteiger partial charge in [-0.25, -0.2) is 12.6 Å². The maximum Gasteiger partial charge on any atom is 0.0203 e. The van der Waals surface area contributed by atoms with E-state index in [1.165, 1.54) is 0 Å². The monoisotopic (exact) mass is 375 g/mol. The molecular formula is C7H13BY3-4. The molecule has 0 aliphatic carbocycles. The Kier molecular flexibility index (Phi) is 34.4. The maximum absolute atomic E-state index is 3.79. The van der Waals surface area contributed by atoms with Gasteiger partial charge in [0.15, 0.2) is 0 Å². The van der Waals surface area contributed by atoms with Gasteiger partial charge in [0, 0.05) is 105 Å². The molecule has 0 bridgehead atoms. The van der Waals surface area contributed by atoms with Gasteiger partial charge in [-0.05, 0) is 0 Å². The van der Waals surface area contributed by atoms with Crippen molar-refractivity contribution in [2.75, 3.05) is 0 Å². The fraction of sp³-hybridized carbons (Fsp3) is 0.429. The summed E-state index contributed by atoms with van der Waals surface area (Å²) in [7, 11) is 0. The fourth-order valence-electron chi connectivity index (χ4n) is 0.616. The molecule has 0 N–H and O–H groups in total. The molecule has 0 fully saturated rings. The first-order valence-electron chi connectivity index (χ1n) is 2.97. The van der Waals surface area contributed by atoms with E-state index < -0.39 is 0 Å². The van der Waals surface area contributed by atoms with Crippen molar-refractivity contribution in [2.45, 2.75) is 18.5 Å². The second kappa shape index (κ2) is 15.8. The summed E-state index contributed by atoms with van der Waals surface area (Å²) in [5.74, 6) is 0.255. The second-order valence-corrected chi connectivity index (χ2v) is 2.10. The summed E-state index contributed by atoms with van der Waals surface area (Å²) in [5, 5.41) is 0. The second-order valence-electron chi connectivity index (χ2n) is 2.10. The van der Waals surface area contributed by atoms with Crippen LogP contribution in [0.4, 0.5) is 0 Å². The Morgan fingerprint density at radius 1 is 0.909 bits per heavy atom. The number of hydrogen-bond acceptors (Lipinski definition) is 0. The zero-order chi connectivity index (χ0) is 6.57. The normalized spacial score (nSPS) is 7.36. The van der Waals surface area contributed by atoms with Crippen LogP contribution < -0.4 is 0 Å². The zero-order valence-electron chi connectivity index (χ0n) is 7.13. The van der Waals surface area contributed by atoms with Gasteiger partial charge in [0.25, 0.3) is 0 Å². The fourth-order valence-corrected chi connectivity index (χ4v) is 0.616. The van der Waals surface area contributed by atoms with Gasteiger partial charge in [-0.3, -0.25) is 0 Å². The Bertz CT molecular complexity index is 55.6. The van der Waals surface area contributed by atoms with Crippen LogP contribution in [0.2, 0.25) is 18.5 Å². The molecule has 0 spiro atoms. The van der Waals surface area contributed by atoms with Crippen LogP contribution in [0.1, 0.15) is 0 Å². The molecule has 57 valence electrons. The Balaban J connectivity index is -0.0000000817. The summed E-state index contributed by atoms with van der Waals surface area (Å²) < 4.78 is 0. The summed E-state index contributed by atoms with van der Waals surface area (Å²) in [5.41, 5.74) is 0. The van der Waals surface area contributed by atoms with Crippen LogP contribution in [-0.2, 0) is 98.1 Å². The SMILES string of the molecule is [CH2-]CB(C[CH2-])C([CH2-])[CH2-].[Y].[Y].[Y]. The first-order valence-corrected chi connectivity index (χ1v) is 2.97. The Hall–Kier alpha value is 3.38. The van der Waals surface area contributed by atoms with Crippen molar-refractivity contribution in [2.24, 2.45) is 0 Å². The molecule has 0 aromatic carbocycles. The van der Waals surface area contributed by atoms with E-state index in [-0.39, 0.29) is 104 Å². The van der Waals surface area contributed by atoms with Gasteiger partial charge < -0.3 is 33.5 Å². The Labute approximate surface area is 148 Å². The molecule has 0 amide bonds. The van der Waals surface area contributed by atoms with Gasteiger partial charge in [0.05, 0.1) is 0 Å². The van der Waals surface area contributed by atoms with Gasteiger partial charge in [-0.15, -0.1) is 0 Å². The molecule has 0 aliphatic heterocycles. The molecule has 0 nitrogen and oxygen atoms in total. The molecule has 0 saturated heterocycles. The molecular weight excluding hydrogens is 362 g/mol. The van der Waals surface area contributed by atoms with E-state index in [2.05, 4.69) is 27.7 Å². The van der Waals surface area contributed by atoms with Gasteiger partial charge in [-0.1, -0.05) is 0 Å². The number of rotatable bonds is 3. The van der Waals surface area contributed by atoms with E-state index in [1.807, 2.05) is 0 Å². The van der Waals surface area contributed by atoms with Crippen molar-refractivity contribution in [3.63, 3.8) is 0 Å². The van der Waals surface area contributed by atoms with Crippen molar-refractivity contribution in [3.05, 3.63) is 27.7 Å². The van der Waals surface area contributed by atoms with E-state index >= 15 is 0 Å². The molecule has 0 aromatic heterocycles. The van der Waals surface area contributed by atoms with E-state index in [0.29, 0.717) is 6.71 Å². The van der Waals surface area contributed by atoms with Crippen LogP contribution >= 0.6 is 0 Å². The van der Waals surface area contributed by atoms with Gasteiger partial charge in [0.2, 0.25) is 0 Å². The van der Waals surface area contributed by atoms with Crippen LogP contribution in [-0.4, -0.2) is 6.71 Å². The first kappa shape index (κ1) is 23.9. The topological polar surface area (TPSA) is 0 Å². The third-order valence-electron chi connectivity index (χ3n) is 1.41. The average molecular weight is 375 g/mol. The van der Waals surface area contributed by atoms with Crippen LogP contribution in [0.5, 0.6) is 0 Å². The molecule has 0 aromatic rings. The molecule has 4 heteroatoms. The largest absolute Gasteiger partial charge is 0.376 e. The summed E-state index contributed by atoms with van der Waals surface area (Å²) in [6.45, 7) is 15.6. The zero-order valence-corrected chi connectivity index (χ0v) is 15.6. The Morgan fingerprint density at radius 2 is 1.18 bits per heavy atom. The molecule has 0 unspecified atom stereocenters. The number of hydrogen-bond donors (Lipinski definition) is 0. The minimum Gasteiger partial charge on any atom is -0.376 e. The quantitative estimate of drug-likeness (QED) is 0.525. The summed E-state index contributed by atoms with van der Waals surface area (Å²) in [6.07, 6.45) is 1.81. The van der Waals surface area contributed by atoms with Crippen molar-refractivity contribution in [1.29, 1.82) is 0 Å². The molecule has 11 heavy (non-hydrogen) atoms. The van der Waals surface area contributed by atoms with Crippen LogP contribution in [0.15, 0.2) is 0 Å². The van der Waals surface area contributed by atoms with Crippen LogP contribution in [0.25, 0.3) is 0 Å². The predicted octanol–water partition coefficient (Wildman–Crippen LogP) is 2.18. The third-order valence-corrected chi connectivity index (χ3v) is 1.41. The minimum absolute atomic E-state index is 0. The van der Waals surface area contributed by atoms with Crippen LogP contribution in [0, 0.1) is 27.7 Å². The summed E-state index contributed by atoms with van der Waals surface area (Å²) in [6, 6.07) is 0. The molecule has 0 heterocycles. The third kappa shape index (κ3) is 13.4. The molecule has 0 aliphatic rings. The summed E-state index contributed by atoms with van der Waals surface area (Å²) in [4.78, 5) is 0. The first-order chi connectivity index (χ1) is 3.72. The van der Waals surface area contributed by atoms with Gasteiger partial charge in [0.1, 0.15) is 0 Å². The molecule has 0 atom stereocenters. The van der Waals surface area contributed by atoms with Crippen molar-refractivity contribution < 1.29 is 98.1 Å². The minimum atomic E-state index is 0. The Morgan fingerprint density at radius 3 is 1.18 bits per heavy atom. The summed E-state index contributed by atoms with van der Waals surface area (Å²) >= 11 is 0. The van der Waals surface area contributed by atoms with E-state index in [1.54, 1.807) is 0 Å². The van der Waals surface area contributed by atoms with Gasteiger partial charge in [-0.2, -0.15) is 0 Å². The van der Waals surface area contributed by atoms with Crippen LogP contribution in [0.3, 0.4) is 0 Å². The van der Waals surface area contributed by atoms with E-state index in [4.69, 9.17) is 0 Å². The maximum atomic E-state index is 3.79. The molecule has 3 radical (unpaired) electrons. The standard InChI is InChI=1S/C7H13B.3Y/c1-5-8(6-2)7(3)4;;;/h7H,1-6H2;;;/q-4;;;.